The monoisotopic (exact) mass is 328 g/mol. The Morgan fingerprint density at radius 3 is 2.79 bits per heavy atom. The van der Waals surface area contributed by atoms with E-state index in [4.69, 9.17) is 9.26 Å². The first-order chi connectivity index (χ1) is 11.7. The maximum atomic E-state index is 11.5. The number of benzene rings is 1. The van der Waals surface area contributed by atoms with E-state index in [0.29, 0.717) is 17.5 Å². The van der Waals surface area contributed by atoms with Crippen LogP contribution in [0.5, 0.6) is 0 Å². The van der Waals surface area contributed by atoms with E-state index < -0.39 is 0 Å². The van der Waals surface area contributed by atoms with Crippen molar-refractivity contribution in [3.8, 4) is 0 Å². The Morgan fingerprint density at radius 1 is 1.33 bits per heavy atom. The molecule has 1 aliphatic carbocycles. The number of aryl methyl sites for hydroxylation is 1. The standard InChI is InChI=1S/C19H24N2O3/c1-13-10-17(24-21-13)11-16-4-3-5-18(16)20-12-14-6-8-15(9-7-14)19(22)23-2/h6-10,16,18,20H,3-5,11-12H2,1-2H3/t16-,18+/m0/s1. The van der Waals surface area contributed by atoms with E-state index in [-0.39, 0.29) is 5.97 Å². The highest BCUT2D eigenvalue weighted by Crippen LogP contribution is 2.29. The zero-order valence-electron chi connectivity index (χ0n) is 14.2. The average Bonchev–Trinajstić information content (AvgIpc) is 3.22. The number of carbonyl (C=O) groups excluding carboxylic acids is 1. The summed E-state index contributed by atoms with van der Waals surface area (Å²) in [6, 6.07) is 10.1. The normalized spacial score (nSPS) is 20.2. The van der Waals surface area contributed by atoms with Crippen molar-refractivity contribution in [2.24, 2.45) is 5.92 Å². The van der Waals surface area contributed by atoms with Crippen LogP contribution in [0.3, 0.4) is 0 Å². The topological polar surface area (TPSA) is 64.4 Å². The molecular weight excluding hydrogens is 304 g/mol. The van der Waals surface area contributed by atoms with E-state index in [1.807, 2.05) is 37.3 Å². The van der Waals surface area contributed by atoms with Gasteiger partial charge in [-0.05, 0) is 43.4 Å². The molecule has 2 aromatic rings. The molecule has 0 amide bonds. The molecule has 0 spiro atoms. The minimum Gasteiger partial charge on any atom is -0.465 e. The minimum absolute atomic E-state index is 0.298. The second-order valence-corrected chi connectivity index (χ2v) is 6.51. The molecule has 1 aromatic heterocycles. The Morgan fingerprint density at radius 2 is 2.12 bits per heavy atom. The van der Waals surface area contributed by atoms with Gasteiger partial charge >= 0.3 is 5.97 Å². The van der Waals surface area contributed by atoms with Gasteiger partial charge in [0.2, 0.25) is 0 Å². The molecule has 24 heavy (non-hydrogen) atoms. The molecule has 1 aliphatic rings. The molecule has 5 nitrogen and oxygen atoms in total. The van der Waals surface area contributed by atoms with Crippen LogP contribution >= 0.6 is 0 Å². The number of nitrogens with one attached hydrogen (secondary N) is 1. The van der Waals surface area contributed by atoms with Crippen molar-refractivity contribution in [2.75, 3.05) is 7.11 Å². The van der Waals surface area contributed by atoms with Crippen LogP contribution in [0.1, 0.15) is 46.6 Å². The molecular formula is C19H24N2O3. The molecule has 1 heterocycles. The Kier molecular flexibility index (Phi) is 5.30. The van der Waals surface area contributed by atoms with Crippen molar-refractivity contribution in [2.45, 2.75) is 45.2 Å². The number of methoxy groups -OCH3 is 1. The molecule has 2 atom stereocenters. The van der Waals surface area contributed by atoms with E-state index in [1.165, 1.54) is 31.9 Å². The second-order valence-electron chi connectivity index (χ2n) is 6.51. The van der Waals surface area contributed by atoms with Crippen LogP contribution in [0.4, 0.5) is 0 Å². The highest BCUT2D eigenvalue weighted by atomic mass is 16.5. The minimum atomic E-state index is -0.298. The summed E-state index contributed by atoms with van der Waals surface area (Å²) in [5, 5.41) is 7.63. The number of esters is 1. The Balaban J connectivity index is 1.54. The molecule has 0 saturated heterocycles. The van der Waals surface area contributed by atoms with Crippen molar-refractivity contribution in [1.29, 1.82) is 0 Å². The lowest BCUT2D eigenvalue weighted by Crippen LogP contribution is -2.32. The SMILES string of the molecule is COC(=O)c1ccc(CN[C@@H]2CCC[C@H]2Cc2cc(C)no2)cc1. The van der Waals surface area contributed by atoms with Crippen molar-refractivity contribution >= 4 is 5.97 Å². The van der Waals surface area contributed by atoms with Crippen molar-refractivity contribution in [1.82, 2.24) is 10.5 Å². The number of rotatable bonds is 6. The van der Waals surface area contributed by atoms with E-state index in [0.717, 1.165) is 24.4 Å². The van der Waals surface area contributed by atoms with Crippen LogP contribution in [0.2, 0.25) is 0 Å². The van der Waals surface area contributed by atoms with Crippen molar-refractivity contribution in [3.63, 3.8) is 0 Å². The molecule has 1 N–H and O–H groups in total. The third kappa shape index (κ3) is 4.03. The fourth-order valence-electron chi connectivity index (χ4n) is 3.45. The molecule has 1 aromatic carbocycles. The number of hydrogen-bond acceptors (Lipinski definition) is 5. The summed E-state index contributed by atoms with van der Waals surface area (Å²) in [5.74, 6) is 1.27. The van der Waals surface area contributed by atoms with Crippen molar-refractivity contribution in [3.05, 3.63) is 52.9 Å². The fourth-order valence-corrected chi connectivity index (χ4v) is 3.45. The van der Waals surface area contributed by atoms with Gasteiger partial charge in [0, 0.05) is 25.1 Å². The lowest BCUT2D eigenvalue weighted by atomic mass is 9.97. The highest BCUT2D eigenvalue weighted by molar-refractivity contribution is 5.89. The number of hydrogen-bond donors (Lipinski definition) is 1. The predicted molar refractivity (Wildman–Crippen MR) is 90.7 cm³/mol. The van der Waals surface area contributed by atoms with Gasteiger partial charge in [0.05, 0.1) is 18.4 Å². The van der Waals surface area contributed by atoms with Gasteiger partial charge in [-0.25, -0.2) is 4.79 Å². The first kappa shape index (κ1) is 16.7. The van der Waals surface area contributed by atoms with E-state index in [2.05, 4.69) is 10.5 Å². The highest BCUT2D eigenvalue weighted by Gasteiger charge is 2.28. The van der Waals surface area contributed by atoms with E-state index >= 15 is 0 Å². The average molecular weight is 328 g/mol. The van der Waals surface area contributed by atoms with Crippen LogP contribution in [-0.2, 0) is 17.7 Å². The van der Waals surface area contributed by atoms with Crippen molar-refractivity contribution < 1.29 is 14.1 Å². The lowest BCUT2D eigenvalue weighted by Gasteiger charge is -2.20. The maximum absolute atomic E-state index is 11.5. The molecule has 3 rings (SSSR count). The molecule has 0 bridgehead atoms. The summed E-state index contributed by atoms with van der Waals surface area (Å²) >= 11 is 0. The first-order valence-corrected chi connectivity index (χ1v) is 8.48. The maximum Gasteiger partial charge on any atom is 0.337 e. The molecule has 5 heteroatoms. The number of nitrogens with zero attached hydrogens (tertiary/aromatic N) is 1. The summed E-state index contributed by atoms with van der Waals surface area (Å²) in [7, 11) is 1.40. The Bertz CT molecular complexity index is 678. The van der Waals surface area contributed by atoms with Gasteiger partial charge in [-0.2, -0.15) is 0 Å². The van der Waals surface area contributed by atoms with Gasteiger partial charge in [0.25, 0.3) is 0 Å². The Labute approximate surface area is 142 Å². The smallest absolute Gasteiger partial charge is 0.337 e. The third-order valence-electron chi connectivity index (χ3n) is 4.74. The molecule has 1 saturated carbocycles. The van der Waals surface area contributed by atoms with Gasteiger partial charge in [0.15, 0.2) is 0 Å². The van der Waals surface area contributed by atoms with Crippen LogP contribution < -0.4 is 5.32 Å². The van der Waals surface area contributed by atoms with Crippen LogP contribution in [0, 0.1) is 12.8 Å². The van der Waals surface area contributed by atoms with Crippen LogP contribution in [-0.4, -0.2) is 24.3 Å². The van der Waals surface area contributed by atoms with Gasteiger partial charge < -0.3 is 14.6 Å². The predicted octanol–water partition coefficient (Wildman–Crippen LogP) is 3.27. The quantitative estimate of drug-likeness (QED) is 0.825. The lowest BCUT2D eigenvalue weighted by molar-refractivity contribution is 0.0600. The largest absolute Gasteiger partial charge is 0.465 e. The van der Waals surface area contributed by atoms with E-state index in [9.17, 15) is 4.79 Å². The zero-order chi connectivity index (χ0) is 16.9. The summed E-state index contributed by atoms with van der Waals surface area (Å²) in [5.41, 5.74) is 2.70. The van der Waals surface area contributed by atoms with Gasteiger partial charge in [-0.1, -0.05) is 23.7 Å². The van der Waals surface area contributed by atoms with E-state index in [1.54, 1.807) is 0 Å². The summed E-state index contributed by atoms with van der Waals surface area (Å²) in [6.45, 7) is 2.76. The second kappa shape index (κ2) is 7.62. The van der Waals surface area contributed by atoms with Gasteiger partial charge in [-0.3, -0.25) is 0 Å². The first-order valence-electron chi connectivity index (χ1n) is 8.48. The van der Waals surface area contributed by atoms with Crippen LogP contribution in [0.15, 0.2) is 34.9 Å². The Hall–Kier alpha value is -2.14. The number of aromatic nitrogens is 1. The summed E-state index contributed by atoms with van der Waals surface area (Å²) in [6.07, 6.45) is 4.60. The zero-order valence-corrected chi connectivity index (χ0v) is 14.2. The third-order valence-corrected chi connectivity index (χ3v) is 4.74. The summed E-state index contributed by atoms with van der Waals surface area (Å²) in [4.78, 5) is 11.5. The van der Waals surface area contributed by atoms with Crippen LogP contribution in [0.25, 0.3) is 0 Å². The number of ether oxygens (including phenoxy) is 1. The molecule has 0 unspecified atom stereocenters. The fraction of sp³-hybridized carbons (Fsp3) is 0.474. The molecule has 0 radical (unpaired) electrons. The number of carbonyl (C=O) groups is 1. The molecule has 0 aliphatic heterocycles. The molecule has 1 fully saturated rings. The molecule has 128 valence electrons. The van der Waals surface area contributed by atoms with Gasteiger partial charge in [-0.15, -0.1) is 0 Å². The summed E-state index contributed by atoms with van der Waals surface area (Å²) < 4.78 is 10.1. The van der Waals surface area contributed by atoms with Gasteiger partial charge in [0.1, 0.15) is 5.76 Å².